The minimum atomic E-state index is -3.64. The van der Waals surface area contributed by atoms with Crippen LogP contribution in [0, 0.1) is 6.92 Å². The standard InChI is InChI=1S/C14H14N2O3S/c1-10-9-11(14(15)17)7-8-13(10)16-20(18,19)12-5-3-2-4-6-12/h2-9,16H,1H3,(H2,15,17). The highest BCUT2D eigenvalue weighted by molar-refractivity contribution is 7.92. The third-order valence-corrected chi connectivity index (χ3v) is 4.19. The van der Waals surface area contributed by atoms with Gasteiger partial charge in [-0.15, -0.1) is 0 Å². The zero-order valence-corrected chi connectivity index (χ0v) is 11.6. The Kier molecular flexibility index (Phi) is 3.76. The van der Waals surface area contributed by atoms with Crippen molar-refractivity contribution in [2.24, 2.45) is 5.73 Å². The number of anilines is 1. The van der Waals surface area contributed by atoms with Crippen molar-refractivity contribution >= 4 is 21.6 Å². The highest BCUT2D eigenvalue weighted by Crippen LogP contribution is 2.20. The molecule has 0 unspecified atom stereocenters. The van der Waals surface area contributed by atoms with Crippen LogP contribution in [0.3, 0.4) is 0 Å². The van der Waals surface area contributed by atoms with E-state index in [1.165, 1.54) is 24.3 Å². The molecule has 0 aliphatic heterocycles. The quantitative estimate of drug-likeness (QED) is 0.901. The van der Waals surface area contributed by atoms with Gasteiger partial charge in [-0.2, -0.15) is 0 Å². The predicted molar refractivity (Wildman–Crippen MR) is 76.9 cm³/mol. The molecule has 2 rings (SSSR count). The molecule has 6 heteroatoms. The molecule has 0 fully saturated rings. The zero-order chi connectivity index (χ0) is 14.8. The van der Waals surface area contributed by atoms with Crippen molar-refractivity contribution in [2.45, 2.75) is 11.8 Å². The molecule has 3 N–H and O–H groups in total. The SMILES string of the molecule is Cc1cc(C(N)=O)ccc1NS(=O)(=O)c1ccccc1. The third-order valence-electron chi connectivity index (χ3n) is 2.81. The van der Waals surface area contributed by atoms with Gasteiger partial charge in [-0.1, -0.05) is 18.2 Å². The molecule has 0 aliphatic carbocycles. The summed E-state index contributed by atoms with van der Waals surface area (Å²) >= 11 is 0. The number of hydrogen-bond acceptors (Lipinski definition) is 3. The summed E-state index contributed by atoms with van der Waals surface area (Å²) in [5, 5.41) is 0. The molecule has 0 heterocycles. The number of benzene rings is 2. The minimum absolute atomic E-state index is 0.179. The number of primary amides is 1. The molecule has 0 aromatic heterocycles. The lowest BCUT2D eigenvalue weighted by atomic mass is 10.1. The first-order valence-corrected chi connectivity index (χ1v) is 7.37. The molecular formula is C14H14N2O3S. The summed E-state index contributed by atoms with van der Waals surface area (Å²) in [6.45, 7) is 1.70. The van der Waals surface area contributed by atoms with Crippen LogP contribution in [0.2, 0.25) is 0 Å². The lowest BCUT2D eigenvalue weighted by Crippen LogP contribution is -2.15. The average molecular weight is 290 g/mol. The average Bonchev–Trinajstić information content (AvgIpc) is 2.41. The smallest absolute Gasteiger partial charge is 0.261 e. The summed E-state index contributed by atoms with van der Waals surface area (Å²) in [7, 11) is -3.64. The molecule has 20 heavy (non-hydrogen) atoms. The molecule has 0 spiro atoms. The molecule has 0 radical (unpaired) electrons. The summed E-state index contributed by atoms with van der Waals surface area (Å²) in [6, 6.07) is 12.6. The van der Waals surface area contributed by atoms with Crippen molar-refractivity contribution in [2.75, 3.05) is 4.72 Å². The number of carbonyl (C=O) groups excluding carboxylic acids is 1. The van der Waals surface area contributed by atoms with Crippen molar-refractivity contribution in [3.8, 4) is 0 Å². The summed E-state index contributed by atoms with van der Waals surface area (Å²) in [5.74, 6) is -0.550. The number of nitrogens with two attached hydrogens (primary N) is 1. The fourth-order valence-corrected chi connectivity index (χ4v) is 2.89. The lowest BCUT2D eigenvalue weighted by Gasteiger charge is -2.11. The lowest BCUT2D eigenvalue weighted by molar-refractivity contribution is 0.1000. The molecule has 1 amide bonds. The molecule has 2 aromatic rings. The molecule has 104 valence electrons. The van der Waals surface area contributed by atoms with Gasteiger partial charge in [0.25, 0.3) is 10.0 Å². The molecule has 2 aromatic carbocycles. The van der Waals surface area contributed by atoms with E-state index >= 15 is 0 Å². The number of carbonyl (C=O) groups is 1. The Bertz CT molecular complexity index is 740. The largest absolute Gasteiger partial charge is 0.366 e. The first-order valence-electron chi connectivity index (χ1n) is 5.88. The van der Waals surface area contributed by atoms with Crippen LogP contribution in [0.1, 0.15) is 15.9 Å². The van der Waals surface area contributed by atoms with E-state index in [0.29, 0.717) is 16.8 Å². The Balaban J connectivity index is 2.33. The Morgan fingerprint density at radius 1 is 1.10 bits per heavy atom. The third kappa shape index (κ3) is 2.97. The van der Waals surface area contributed by atoms with Crippen LogP contribution in [0.25, 0.3) is 0 Å². The van der Waals surface area contributed by atoms with E-state index in [9.17, 15) is 13.2 Å². The van der Waals surface area contributed by atoms with Crippen LogP contribution in [0.15, 0.2) is 53.4 Å². The molecular weight excluding hydrogens is 276 g/mol. The van der Waals surface area contributed by atoms with Gasteiger partial charge in [0.1, 0.15) is 0 Å². The van der Waals surface area contributed by atoms with Crippen molar-refractivity contribution in [1.29, 1.82) is 0 Å². The highest BCUT2D eigenvalue weighted by atomic mass is 32.2. The summed E-state index contributed by atoms with van der Waals surface area (Å²) < 4.78 is 26.8. The fraction of sp³-hybridized carbons (Fsp3) is 0.0714. The number of amides is 1. The highest BCUT2D eigenvalue weighted by Gasteiger charge is 2.15. The van der Waals surface area contributed by atoms with E-state index in [4.69, 9.17) is 5.73 Å². The van der Waals surface area contributed by atoms with Gasteiger partial charge in [0, 0.05) is 5.56 Å². The summed E-state index contributed by atoms with van der Waals surface area (Å²) in [4.78, 5) is 11.2. The second-order valence-electron chi connectivity index (χ2n) is 4.31. The summed E-state index contributed by atoms with van der Waals surface area (Å²) in [6.07, 6.45) is 0. The van der Waals surface area contributed by atoms with Crippen molar-refractivity contribution in [1.82, 2.24) is 0 Å². The molecule has 0 saturated carbocycles. The Hall–Kier alpha value is -2.34. The first-order chi connectivity index (χ1) is 9.40. The monoisotopic (exact) mass is 290 g/mol. The number of nitrogens with one attached hydrogen (secondary N) is 1. The molecule has 0 bridgehead atoms. The Labute approximate surface area is 117 Å². The van der Waals surface area contributed by atoms with Gasteiger partial charge in [-0.25, -0.2) is 8.42 Å². The van der Waals surface area contributed by atoms with E-state index < -0.39 is 15.9 Å². The maximum Gasteiger partial charge on any atom is 0.261 e. The molecule has 5 nitrogen and oxygen atoms in total. The van der Waals surface area contributed by atoms with Crippen LogP contribution in [0.5, 0.6) is 0 Å². The van der Waals surface area contributed by atoms with Gasteiger partial charge >= 0.3 is 0 Å². The maximum atomic E-state index is 12.2. The van der Waals surface area contributed by atoms with Crippen LogP contribution < -0.4 is 10.5 Å². The van der Waals surface area contributed by atoms with E-state index in [0.717, 1.165) is 0 Å². The van der Waals surface area contributed by atoms with Crippen molar-refractivity contribution in [3.63, 3.8) is 0 Å². The van der Waals surface area contributed by atoms with Gasteiger partial charge in [0.15, 0.2) is 0 Å². The van der Waals surface area contributed by atoms with Crippen LogP contribution in [0.4, 0.5) is 5.69 Å². The molecule has 0 saturated heterocycles. The van der Waals surface area contributed by atoms with Crippen LogP contribution in [-0.4, -0.2) is 14.3 Å². The maximum absolute atomic E-state index is 12.2. The molecule has 0 atom stereocenters. The van der Waals surface area contributed by atoms with E-state index in [-0.39, 0.29) is 4.90 Å². The minimum Gasteiger partial charge on any atom is -0.366 e. The van der Waals surface area contributed by atoms with Crippen LogP contribution in [-0.2, 0) is 10.0 Å². The van der Waals surface area contributed by atoms with Gasteiger partial charge in [0.2, 0.25) is 5.91 Å². The first kappa shape index (κ1) is 14.1. The van der Waals surface area contributed by atoms with Crippen molar-refractivity contribution in [3.05, 3.63) is 59.7 Å². The van der Waals surface area contributed by atoms with Gasteiger partial charge in [0.05, 0.1) is 10.6 Å². The predicted octanol–water partition coefficient (Wildman–Crippen LogP) is 1.89. The second-order valence-corrected chi connectivity index (χ2v) is 5.99. The van der Waals surface area contributed by atoms with Gasteiger partial charge in [-0.3, -0.25) is 9.52 Å². The van der Waals surface area contributed by atoms with Crippen LogP contribution >= 0.6 is 0 Å². The Morgan fingerprint density at radius 3 is 2.30 bits per heavy atom. The number of rotatable bonds is 4. The van der Waals surface area contributed by atoms with E-state index in [1.807, 2.05) is 0 Å². The van der Waals surface area contributed by atoms with Crippen molar-refractivity contribution < 1.29 is 13.2 Å². The normalized spacial score (nSPS) is 11.1. The number of aryl methyl sites for hydroxylation is 1. The Morgan fingerprint density at radius 2 is 1.75 bits per heavy atom. The van der Waals surface area contributed by atoms with Gasteiger partial charge < -0.3 is 5.73 Å². The molecule has 0 aliphatic rings. The van der Waals surface area contributed by atoms with E-state index in [2.05, 4.69) is 4.72 Å². The topological polar surface area (TPSA) is 89.3 Å². The zero-order valence-electron chi connectivity index (χ0n) is 10.8. The number of hydrogen-bond donors (Lipinski definition) is 2. The second kappa shape index (κ2) is 5.34. The van der Waals surface area contributed by atoms with Gasteiger partial charge in [-0.05, 0) is 42.8 Å². The summed E-state index contributed by atoms with van der Waals surface area (Å²) in [5.41, 5.74) is 6.55. The van der Waals surface area contributed by atoms with E-state index in [1.54, 1.807) is 31.2 Å². The number of sulfonamides is 1. The fourth-order valence-electron chi connectivity index (χ4n) is 1.73.